The molecule has 1 aromatic carbocycles. The van der Waals surface area contributed by atoms with Gasteiger partial charge in [0.25, 0.3) is 5.91 Å². The summed E-state index contributed by atoms with van der Waals surface area (Å²) >= 11 is 6.04. The Morgan fingerprint density at radius 1 is 1.35 bits per heavy atom. The summed E-state index contributed by atoms with van der Waals surface area (Å²) in [5, 5.41) is 21.7. The van der Waals surface area contributed by atoms with E-state index in [1.54, 1.807) is 36.5 Å². The summed E-state index contributed by atoms with van der Waals surface area (Å²) in [6.45, 7) is 2.87. The first-order valence-corrected chi connectivity index (χ1v) is 10.6. The number of halogens is 1. The molecule has 1 aromatic heterocycles. The van der Waals surface area contributed by atoms with E-state index >= 15 is 0 Å². The maximum absolute atomic E-state index is 12.7. The number of hydrogen-bond donors (Lipinski definition) is 2. The fourth-order valence-corrected chi connectivity index (χ4v) is 3.58. The van der Waals surface area contributed by atoms with Crippen LogP contribution < -0.4 is 10.1 Å². The first-order valence-electron chi connectivity index (χ1n) is 10.2. The van der Waals surface area contributed by atoms with Crippen LogP contribution in [0.2, 0.25) is 5.02 Å². The quantitative estimate of drug-likeness (QED) is 0.652. The molecule has 2 aromatic rings. The normalized spacial score (nSPS) is 18.1. The maximum atomic E-state index is 12.7. The van der Waals surface area contributed by atoms with Gasteiger partial charge in [0.2, 0.25) is 5.88 Å². The molecule has 164 valence electrons. The SMILES string of the molecule is CN1N=CCN1COc1ncc(C(=O)NC[C@@](C)(O)C2CC2)cc1-c1ccc(Cl)cc1. The van der Waals surface area contributed by atoms with Crippen LogP contribution in [0.5, 0.6) is 5.88 Å². The predicted molar refractivity (Wildman–Crippen MR) is 119 cm³/mol. The van der Waals surface area contributed by atoms with Crippen molar-refractivity contribution in [1.82, 2.24) is 20.4 Å². The number of nitrogens with one attached hydrogen (secondary N) is 1. The molecule has 1 aliphatic carbocycles. The van der Waals surface area contributed by atoms with Crippen LogP contribution in [0.4, 0.5) is 0 Å². The Morgan fingerprint density at radius 3 is 2.74 bits per heavy atom. The standard InChI is InChI=1S/C22H26ClN5O3/c1-22(30,17-5-6-17)13-25-20(29)16-11-19(15-3-7-18(23)8-4-15)21(24-12-16)31-14-28-10-9-26-27(28)2/h3-4,7-9,11-12,17,30H,5-6,10,13-14H2,1-2H3,(H,25,29)/t22-/m1/s1. The Morgan fingerprint density at radius 2 is 2.10 bits per heavy atom. The van der Waals surface area contributed by atoms with Crippen LogP contribution in [0.1, 0.15) is 30.1 Å². The minimum absolute atomic E-state index is 0.201. The Kier molecular flexibility index (Phi) is 6.13. The van der Waals surface area contributed by atoms with Crippen molar-refractivity contribution in [2.75, 3.05) is 26.9 Å². The molecular weight excluding hydrogens is 418 g/mol. The predicted octanol–water partition coefficient (Wildman–Crippen LogP) is 2.78. The van der Waals surface area contributed by atoms with Crippen LogP contribution in [0.25, 0.3) is 11.1 Å². The Balaban J connectivity index is 1.53. The first-order chi connectivity index (χ1) is 14.8. The zero-order valence-corrected chi connectivity index (χ0v) is 18.3. The molecule has 8 nitrogen and oxygen atoms in total. The molecule has 0 bridgehead atoms. The van der Waals surface area contributed by atoms with Gasteiger partial charge in [0, 0.05) is 36.6 Å². The third-order valence-electron chi connectivity index (χ3n) is 5.63. The highest BCUT2D eigenvalue weighted by Crippen LogP contribution is 2.39. The molecule has 1 fully saturated rings. The number of carbonyl (C=O) groups excluding carboxylic acids is 1. The van der Waals surface area contributed by atoms with Crippen LogP contribution in [0.15, 0.2) is 41.6 Å². The topological polar surface area (TPSA) is 90.3 Å². The number of carbonyl (C=O) groups is 1. The fourth-order valence-electron chi connectivity index (χ4n) is 3.45. The minimum atomic E-state index is -0.894. The summed E-state index contributed by atoms with van der Waals surface area (Å²) in [6.07, 6.45) is 5.27. The summed E-state index contributed by atoms with van der Waals surface area (Å²) in [6, 6.07) is 9.02. The molecule has 1 saturated carbocycles. The van der Waals surface area contributed by atoms with Crippen molar-refractivity contribution >= 4 is 23.7 Å². The number of hydrazine groups is 1. The third-order valence-corrected chi connectivity index (χ3v) is 5.88. The zero-order valence-electron chi connectivity index (χ0n) is 17.6. The van der Waals surface area contributed by atoms with Crippen molar-refractivity contribution < 1.29 is 14.6 Å². The van der Waals surface area contributed by atoms with E-state index in [2.05, 4.69) is 15.4 Å². The van der Waals surface area contributed by atoms with E-state index < -0.39 is 5.60 Å². The molecule has 0 saturated heterocycles. The average molecular weight is 444 g/mol. The van der Waals surface area contributed by atoms with E-state index in [4.69, 9.17) is 16.3 Å². The smallest absolute Gasteiger partial charge is 0.252 e. The lowest BCUT2D eigenvalue weighted by atomic mass is 10.0. The van der Waals surface area contributed by atoms with E-state index in [0.29, 0.717) is 28.6 Å². The number of nitrogens with zero attached hydrogens (tertiary/aromatic N) is 4. The molecule has 31 heavy (non-hydrogen) atoms. The number of pyridine rings is 1. The van der Waals surface area contributed by atoms with Gasteiger partial charge in [-0.1, -0.05) is 23.7 Å². The second-order valence-electron chi connectivity index (χ2n) is 8.15. The minimum Gasteiger partial charge on any atom is -0.459 e. The summed E-state index contributed by atoms with van der Waals surface area (Å²) in [5.74, 6) is 0.367. The molecule has 1 amide bonds. The van der Waals surface area contributed by atoms with Gasteiger partial charge in [-0.25, -0.2) is 10.1 Å². The van der Waals surface area contributed by atoms with Crippen LogP contribution in [0.3, 0.4) is 0 Å². The maximum Gasteiger partial charge on any atom is 0.252 e. The zero-order chi connectivity index (χ0) is 22.0. The summed E-state index contributed by atoms with van der Waals surface area (Å²) in [5.41, 5.74) is 1.01. The molecule has 4 rings (SSSR count). The summed E-state index contributed by atoms with van der Waals surface area (Å²) < 4.78 is 5.95. The number of benzene rings is 1. The molecule has 1 aliphatic heterocycles. The van der Waals surface area contributed by atoms with Crippen LogP contribution in [0, 0.1) is 5.92 Å². The lowest BCUT2D eigenvalue weighted by Crippen LogP contribution is -2.42. The third kappa shape index (κ3) is 5.15. The van der Waals surface area contributed by atoms with Crippen molar-refractivity contribution in [3.8, 4) is 17.0 Å². The fraction of sp³-hybridized carbons (Fsp3) is 0.409. The van der Waals surface area contributed by atoms with Gasteiger partial charge in [-0.05, 0) is 49.4 Å². The lowest BCUT2D eigenvalue weighted by Gasteiger charge is -2.24. The summed E-state index contributed by atoms with van der Waals surface area (Å²) in [4.78, 5) is 17.1. The van der Waals surface area contributed by atoms with Gasteiger partial charge in [-0.2, -0.15) is 10.1 Å². The van der Waals surface area contributed by atoms with Crippen LogP contribution in [-0.4, -0.2) is 64.8 Å². The highest BCUT2D eigenvalue weighted by atomic mass is 35.5. The van der Waals surface area contributed by atoms with Gasteiger partial charge in [0.05, 0.1) is 17.7 Å². The molecular formula is C22H26ClN5O3. The first kappa shape index (κ1) is 21.5. The van der Waals surface area contributed by atoms with Gasteiger partial charge in [-0.15, -0.1) is 0 Å². The monoisotopic (exact) mass is 443 g/mol. The van der Waals surface area contributed by atoms with Crippen LogP contribution in [-0.2, 0) is 0 Å². The number of rotatable bonds is 8. The van der Waals surface area contributed by atoms with Crippen molar-refractivity contribution in [1.29, 1.82) is 0 Å². The molecule has 1 atom stereocenters. The average Bonchev–Trinajstić information content (AvgIpc) is 3.55. The van der Waals surface area contributed by atoms with Gasteiger partial charge < -0.3 is 15.2 Å². The van der Waals surface area contributed by atoms with Crippen molar-refractivity contribution in [3.05, 3.63) is 47.1 Å². The van der Waals surface area contributed by atoms with Crippen molar-refractivity contribution in [2.45, 2.75) is 25.4 Å². The van der Waals surface area contributed by atoms with Crippen LogP contribution >= 0.6 is 11.6 Å². The lowest BCUT2D eigenvalue weighted by molar-refractivity contribution is -0.0261. The van der Waals surface area contributed by atoms with E-state index in [9.17, 15) is 9.90 Å². The van der Waals surface area contributed by atoms with Crippen molar-refractivity contribution in [3.63, 3.8) is 0 Å². The van der Waals surface area contributed by atoms with Gasteiger partial charge >= 0.3 is 0 Å². The van der Waals surface area contributed by atoms with Gasteiger partial charge in [0.1, 0.15) is 0 Å². The highest BCUT2D eigenvalue weighted by Gasteiger charge is 2.40. The second kappa shape index (κ2) is 8.82. The Bertz CT molecular complexity index is 976. The van der Waals surface area contributed by atoms with E-state index in [1.807, 2.05) is 24.2 Å². The Labute approximate surface area is 186 Å². The van der Waals surface area contributed by atoms with E-state index in [1.165, 1.54) is 6.20 Å². The number of hydrogen-bond acceptors (Lipinski definition) is 7. The number of ether oxygens (including phenoxy) is 1. The molecule has 9 heteroatoms. The van der Waals surface area contributed by atoms with E-state index in [-0.39, 0.29) is 25.1 Å². The molecule has 2 N–H and O–H groups in total. The molecule has 0 spiro atoms. The van der Waals surface area contributed by atoms with Gasteiger partial charge in [0.15, 0.2) is 6.73 Å². The Hall–Kier alpha value is -2.68. The van der Waals surface area contributed by atoms with E-state index in [0.717, 1.165) is 18.4 Å². The number of hydrazone groups is 1. The highest BCUT2D eigenvalue weighted by molar-refractivity contribution is 6.30. The van der Waals surface area contributed by atoms with Gasteiger partial charge in [-0.3, -0.25) is 4.79 Å². The largest absolute Gasteiger partial charge is 0.459 e. The second-order valence-corrected chi connectivity index (χ2v) is 8.58. The summed E-state index contributed by atoms with van der Waals surface area (Å²) in [7, 11) is 1.84. The number of aromatic nitrogens is 1. The molecule has 2 aliphatic rings. The molecule has 0 unspecified atom stereocenters. The molecule has 2 heterocycles. The number of aliphatic hydroxyl groups is 1. The molecule has 0 radical (unpaired) electrons. The number of amides is 1. The van der Waals surface area contributed by atoms with Crippen molar-refractivity contribution in [2.24, 2.45) is 11.0 Å².